The Labute approximate surface area is 54.8 Å². The van der Waals surface area contributed by atoms with Crippen molar-refractivity contribution in [2.75, 3.05) is 0 Å². The van der Waals surface area contributed by atoms with Crippen molar-refractivity contribution < 1.29 is 0 Å². The second-order valence-corrected chi connectivity index (χ2v) is 1.94. The predicted octanol–water partition coefficient (Wildman–Crippen LogP) is 1.21. The highest BCUT2D eigenvalue weighted by Crippen LogP contribution is 2.08. The summed E-state index contributed by atoms with van der Waals surface area (Å²) in [6, 6.07) is 0. The van der Waals surface area contributed by atoms with E-state index in [4.69, 9.17) is 5.73 Å². The van der Waals surface area contributed by atoms with Gasteiger partial charge in [0.25, 0.3) is 0 Å². The van der Waals surface area contributed by atoms with Crippen LogP contribution in [0.5, 0.6) is 0 Å². The van der Waals surface area contributed by atoms with Gasteiger partial charge in [-0.2, -0.15) is 0 Å². The van der Waals surface area contributed by atoms with Crippen LogP contribution in [0.2, 0.25) is 0 Å². The van der Waals surface area contributed by atoms with Crippen molar-refractivity contribution in [3.8, 4) is 0 Å². The zero-order valence-corrected chi connectivity index (χ0v) is 5.46. The summed E-state index contributed by atoms with van der Waals surface area (Å²) in [4.78, 5) is 4.05. The van der Waals surface area contributed by atoms with Gasteiger partial charge in [-0.3, -0.25) is 0 Å². The lowest BCUT2D eigenvalue weighted by Gasteiger charge is -1.83. The Hall–Kier alpha value is -1.05. The van der Waals surface area contributed by atoms with Crippen LogP contribution in [-0.2, 0) is 0 Å². The van der Waals surface area contributed by atoms with E-state index in [0.717, 1.165) is 12.1 Å². The van der Waals surface area contributed by atoms with E-state index in [0.29, 0.717) is 5.84 Å². The van der Waals surface area contributed by atoms with Gasteiger partial charge in [0.15, 0.2) is 0 Å². The van der Waals surface area contributed by atoms with Gasteiger partial charge in [-0.25, -0.2) is 4.99 Å². The van der Waals surface area contributed by atoms with Gasteiger partial charge in [0.05, 0.1) is 5.70 Å². The summed E-state index contributed by atoms with van der Waals surface area (Å²) in [6.45, 7) is 1.96. The molecule has 1 aliphatic rings. The van der Waals surface area contributed by atoms with Crippen LogP contribution in [0, 0.1) is 0 Å². The summed E-state index contributed by atoms with van der Waals surface area (Å²) >= 11 is 0. The lowest BCUT2D eigenvalue weighted by molar-refractivity contribution is 1.42. The van der Waals surface area contributed by atoms with Crippen molar-refractivity contribution in [3.63, 3.8) is 0 Å². The second-order valence-electron chi connectivity index (χ2n) is 1.94. The number of hydrogen-bond acceptors (Lipinski definition) is 2. The molecule has 1 heterocycles. The van der Waals surface area contributed by atoms with Crippen LogP contribution < -0.4 is 5.73 Å². The van der Waals surface area contributed by atoms with Crippen molar-refractivity contribution in [3.05, 3.63) is 23.9 Å². The molecule has 2 heteroatoms. The molecule has 0 fully saturated rings. The van der Waals surface area contributed by atoms with Crippen LogP contribution in [0.25, 0.3) is 0 Å². The largest absolute Gasteiger partial charge is 0.387 e. The molecule has 2 N–H and O–H groups in total. The molecule has 0 atom stereocenters. The Morgan fingerprint density at radius 1 is 1.78 bits per heavy atom. The summed E-state index contributed by atoms with van der Waals surface area (Å²) in [5.41, 5.74) is 6.40. The van der Waals surface area contributed by atoms with Crippen molar-refractivity contribution in [1.82, 2.24) is 0 Å². The quantitative estimate of drug-likeness (QED) is 0.557. The Morgan fingerprint density at radius 2 is 2.56 bits per heavy atom. The number of rotatable bonds is 1. The highest BCUT2D eigenvalue weighted by atomic mass is 14.9. The Balaban J connectivity index is 2.64. The number of amidine groups is 1. The van der Waals surface area contributed by atoms with Crippen LogP contribution >= 0.6 is 0 Å². The number of nitrogens with zero attached hydrogens (tertiary/aromatic N) is 1. The first-order valence-corrected chi connectivity index (χ1v) is 2.99. The first-order chi connectivity index (χ1) is 4.33. The molecule has 0 spiro atoms. The van der Waals surface area contributed by atoms with Gasteiger partial charge >= 0.3 is 0 Å². The van der Waals surface area contributed by atoms with Gasteiger partial charge in [-0.15, -0.1) is 0 Å². The SMILES string of the molecule is C/C=C\C1=CCC(N)=N1. The number of hydrogen-bond donors (Lipinski definition) is 1. The normalized spacial score (nSPS) is 18.3. The predicted molar refractivity (Wildman–Crippen MR) is 39.1 cm³/mol. The minimum atomic E-state index is 0.711. The van der Waals surface area contributed by atoms with E-state index < -0.39 is 0 Å². The molecule has 9 heavy (non-hydrogen) atoms. The summed E-state index contributed by atoms with van der Waals surface area (Å²) < 4.78 is 0. The molecule has 0 aromatic rings. The maximum absolute atomic E-state index is 5.42. The maximum Gasteiger partial charge on any atom is 0.103 e. The average Bonchev–Trinajstić information content (AvgIpc) is 2.17. The molecule has 0 aliphatic carbocycles. The number of nitrogens with two attached hydrogens (primary N) is 1. The molecular weight excluding hydrogens is 112 g/mol. The third kappa shape index (κ3) is 1.42. The molecule has 0 aromatic carbocycles. The van der Waals surface area contributed by atoms with E-state index in [2.05, 4.69) is 4.99 Å². The first kappa shape index (κ1) is 6.08. The van der Waals surface area contributed by atoms with Crippen molar-refractivity contribution in [1.29, 1.82) is 0 Å². The molecule has 2 nitrogen and oxygen atoms in total. The van der Waals surface area contributed by atoms with Gasteiger partial charge in [0, 0.05) is 6.42 Å². The third-order valence-electron chi connectivity index (χ3n) is 1.13. The monoisotopic (exact) mass is 122 g/mol. The molecule has 1 aliphatic heterocycles. The van der Waals surface area contributed by atoms with Crippen LogP contribution in [-0.4, -0.2) is 5.84 Å². The maximum atomic E-state index is 5.42. The van der Waals surface area contributed by atoms with E-state index in [1.54, 1.807) is 0 Å². The van der Waals surface area contributed by atoms with Crippen LogP contribution in [0.1, 0.15) is 13.3 Å². The van der Waals surface area contributed by atoms with Gasteiger partial charge in [0.2, 0.25) is 0 Å². The number of aliphatic imine (C=N–C) groups is 1. The summed E-state index contributed by atoms with van der Waals surface area (Å²) in [5.74, 6) is 0.711. The van der Waals surface area contributed by atoms with E-state index >= 15 is 0 Å². The lowest BCUT2D eigenvalue weighted by Crippen LogP contribution is -2.06. The second kappa shape index (κ2) is 2.49. The molecule has 0 saturated carbocycles. The molecule has 0 bridgehead atoms. The molecule has 0 radical (unpaired) electrons. The van der Waals surface area contributed by atoms with Crippen LogP contribution in [0.15, 0.2) is 28.9 Å². The molecule has 0 aromatic heterocycles. The summed E-state index contributed by atoms with van der Waals surface area (Å²) in [6.07, 6.45) is 6.71. The molecule has 0 amide bonds. The fraction of sp³-hybridized carbons (Fsp3) is 0.286. The third-order valence-corrected chi connectivity index (χ3v) is 1.13. The van der Waals surface area contributed by atoms with E-state index in [-0.39, 0.29) is 0 Å². The van der Waals surface area contributed by atoms with Crippen molar-refractivity contribution in [2.45, 2.75) is 13.3 Å². The fourth-order valence-electron chi connectivity index (χ4n) is 0.742. The fourth-order valence-corrected chi connectivity index (χ4v) is 0.742. The molecule has 48 valence electrons. The Bertz CT molecular complexity index is 187. The molecule has 0 saturated heterocycles. The van der Waals surface area contributed by atoms with E-state index in [1.807, 2.05) is 25.2 Å². The van der Waals surface area contributed by atoms with Gasteiger partial charge < -0.3 is 5.73 Å². The van der Waals surface area contributed by atoms with Crippen molar-refractivity contribution >= 4 is 5.84 Å². The standard InChI is InChI=1S/C7H10N2/c1-2-3-6-4-5-7(8)9-6/h2-4H,5H2,1H3,(H2,8,9)/b3-2-. The van der Waals surface area contributed by atoms with Crippen molar-refractivity contribution in [2.24, 2.45) is 10.7 Å². The first-order valence-electron chi connectivity index (χ1n) is 2.99. The summed E-state index contributed by atoms with van der Waals surface area (Å²) in [5, 5.41) is 0. The van der Waals surface area contributed by atoms with Gasteiger partial charge in [0.1, 0.15) is 5.84 Å². The minimum absolute atomic E-state index is 0.711. The summed E-state index contributed by atoms with van der Waals surface area (Å²) in [7, 11) is 0. The highest BCUT2D eigenvalue weighted by Gasteiger charge is 1.99. The smallest absolute Gasteiger partial charge is 0.103 e. The van der Waals surface area contributed by atoms with E-state index in [1.165, 1.54) is 0 Å². The highest BCUT2D eigenvalue weighted by molar-refractivity contribution is 5.85. The van der Waals surface area contributed by atoms with Crippen LogP contribution in [0.3, 0.4) is 0 Å². The number of allylic oxidation sites excluding steroid dienone is 2. The Morgan fingerprint density at radius 3 is 3.00 bits per heavy atom. The molecule has 0 unspecified atom stereocenters. The van der Waals surface area contributed by atoms with Crippen LogP contribution in [0.4, 0.5) is 0 Å². The Kier molecular flexibility index (Phi) is 1.68. The zero-order valence-electron chi connectivity index (χ0n) is 5.46. The molecular formula is C7H10N2. The van der Waals surface area contributed by atoms with Gasteiger partial charge in [-0.1, -0.05) is 12.2 Å². The topological polar surface area (TPSA) is 38.4 Å². The zero-order chi connectivity index (χ0) is 6.69. The minimum Gasteiger partial charge on any atom is -0.387 e. The van der Waals surface area contributed by atoms with E-state index in [9.17, 15) is 0 Å². The van der Waals surface area contributed by atoms with Gasteiger partial charge in [-0.05, 0) is 13.0 Å². The average molecular weight is 122 g/mol. The molecule has 1 rings (SSSR count). The lowest BCUT2D eigenvalue weighted by atomic mass is 10.3.